The predicted molar refractivity (Wildman–Crippen MR) is 79.6 cm³/mol. The van der Waals surface area contributed by atoms with Crippen LogP contribution in [0.5, 0.6) is 5.75 Å². The highest BCUT2D eigenvalue weighted by atomic mass is 35.5. The molecule has 0 saturated heterocycles. The summed E-state index contributed by atoms with van der Waals surface area (Å²) in [6, 6.07) is 7.02. The topological polar surface area (TPSA) is 75.4 Å². The van der Waals surface area contributed by atoms with E-state index in [4.69, 9.17) is 5.73 Å². The van der Waals surface area contributed by atoms with Crippen LogP contribution in [0, 0.1) is 0 Å². The van der Waals surface area contributed by atoms with E-state index in [0.29, 0.717) is 19.4 Å². The van der Waals surface area contributed by atoms with Crippen molar-refractivity contribution in [2.75, 3.05) is 6.54 Å². The summed E-state index contributed by atoms with van der Waals surface area (Å²) in [6.45, 7) is 4.28. The molecule has 1 aromatic rings. The molecule has 1 atom stereocenters. The van der Waals surface area contributed by atoms with E-state index in [1.54, 1.807) is 25.1 Å². The van der Waals surface area contributed by atoms with E-state index in [1.807, 2.05) is 13.0 Å². The van der Waals surface area contributed by atoms with Crippen molar-refractivity contribution in [2.45, 2.75) is 38.6 Å². The molecule has 19 heavy (non-hydrogen) atoms. The molecular weight excluding hydrogens is 264 g/mol. The van der Waals surface area contributed by atoms with Gasteiger partial charge in [-0.05, 0) is 37.5 Å². The zero-order valence-electron chi connectivity index (χ0n) is 11.5. The van der Waals surface area contributed by atoms with Crippen LogP contribution in [0.1, 0.15) is 32.3 Å². The van der Waals surface area contributed by atoms with E-state index in [1.165, 1.54) is 0 Å². The van der Waals surface area contributed by atoms with Crippen molar-refractivity contribution >= 4 is 18.3 Å². The van der Waals surface area contributed by atoms with Crippen LogP contribution >= 0.6 is 12.4 Å². The third-order valence-electron chi connectivity index (χ3n) is 2.90. The summed E-state index contributed by atoms with van der Waals surface area (Å²) in [7, 11) is 0. The number of nitrogens with two attached hydrogens (primary N) is 1. The largest absolute Gasteiger partial charge is 0.508 e. The number of aromatic hydroxyl groups is 1. The molecule has 0 aliphatic rings. The van der Waals surface area contributed by atoms with Gasteiger partial charge in [-0.1, -0.05) is 25.5 Å². The lowest BCUT2D eigenvalue weighted by Crippen LogP contribution is -2.51. The molecule has 0 radical (unpaired) electrons. The van der Waals surface area contributed by atoms with Crippen molar-refractivity contribution in [3.05, 3.63) is 29.8 Å². The Kier molecular flexibility index (Phi) is 7.49. The fourth-order valence-electron chi connectivity index (χ4n) is 1.87. The zero-order valence-corrected chi connectivity index (χ0v) is 12.3. The second kappa shape index (κ2) is 8.02. The monoisotopic (exact) mass is 286 g/mol. The Morgan fingerprint density at radius 3 is 2.74 bits per heavy atom. The van der Waals surface area contributed by atoms with Gasteiger partial charge in [-0.2, -0.15) is 0 Å². The molecule has 0 aliphatic heterocycles. The molecule has 0 heterocycles. The highest BCUT2D eigenvalue weighted by molar-refractivity contribution is 5.85. The molecule has 0 saturated carbocycles. The van der Waals surface area contributed by atoms with E-state index in [2.05, 4.69) is 5.32 Å². The molecule has 4 nitrogen and oxygen atoms in total. The van der Waals surface area contributed by atoms with E-state index in [0.717, 1.165) is 12.0 Å². The maximum atomic E-state index is 11.8. The van der Waals surface area contributed by atoms with Gasteiger partial charge in [0.1, 0.15) is 5.75 Å². The van der Waals surface area contributed by atoms with E-state index >= 15 is 0 Å². The summed E-state index contributed by atoms with van der Waals surface area (Å²) in [6.07, 6.45) is 2.24. The number of hydrogen-bond acceptors (Lipinski definition) is 3. The van der Waals surface area contributed by atoms with Crippen LogP contribution in [0.3, 0.4) is 0 Å². The lowest BCUT2D eigenvalue weighted by Gasteiger charge is -2.22. The third kappa shape index (κ3) is 5.94. The maximum absolute atomic E-state index is 11.8. The van der Waals surface area contributed by atoms with Crippen molar-refractivity contribution in [3.8, 4) is 5.75 Å². The standard InChI is InChI=1S/C14H22N2O2.ClH/c1-3-8-14(2,15)13(18)16-9-7-11-5-4-6-12(17)10-11;/h4-6,10,17H,3,7-9,15H2,1-2H3,(H,16,18);1H. The van der Waals surface area contributed by atoms with Crippen LogP contribution in [0.15, 0.2) is 24.3 Å². The molecule has 1 rings (SSSR count). The quantitative estimate of drug-likeness (QED) is 0.749. The number of benzene rings is 1. The SMILES string of the molecule is CCCC(C)(N)C(=O)NCCc1cccc(O)c1.Cl. The molecule has 108 valence electrons. The highest BCUT2D eigenvalue weighted by Gasteiger charge is 2.26. The van der Waals surface area contributed by atoms with Gasteiger partial charge in [-0.25, -0.2) is 0 Å². The summed E-state index contributed by atoms with van der Waals surface area (Å²) in [4.78, 5) is 11.8. The number of rotatable bonds is 6. The zero-order chi connectivity index (χ0) is 13.6. The molecule has 5 heteroatoms. The first-order chi connectivity index (χ1) is 8.45. The Morgan fingerprint density at radius 1 is 1.47 bits per heavy atom. The maximum Gasteiger partial charge on any atom is 0.239 e. The van der Waals surface area contributed by atoms with Gasteiger partial charge in [-0.3, -0.25) is 4.79 Å². The molecule has 0 aliphatic carbocycles. The summed E-state index contributed by atoms with van der Waals surface area (Å²) < 4.78 is 0. The van der Waals surface area contributed by atoms with Gasteiger partial charge in [0.15, 0.2) is 0 Å². The normalized spacial score (nSPS) is 13.2. The number of carbonyl (C=O) groups is 1. The Morgan fingerprint density at radius 2 is 2.16 bits per heavy atom. The van der Waals surface area contributed by atoms with E-state index in [-0.39, 0.29) is 24.1 Å². The van der Waals surface area contributed by atoms with E-state index < -0.39 is 5.54 Å². The van der Waals surface area contributed by atoms with Crippen LogP contribution < -0.4 is 11.1 Å². The minimum Gasteiger partial charge on any atom is -0.508 e. The average molecular weight is 287 g/mol. The van der Waals surface area contributed by atoms with Gasteiger partial charge in [0.25, 0.3) is 0 Å². The molecule has 1 amide bonds. The summed E-state index contributed by atoms with van der Waals surface area (Å²) in [5.41, 5.74) is 6.11. The first kappa shape index (κ1) is 17.7. The summed E-state index contributed by atoms with van der Waals surface area (Å²) in [5.74, 6) is 0.123. The lowest BCUT2D eigenvalue weighted by molar-refractivity contribution is -0.126. The molecule has 0 fully saturated rings. The van der Waals surface area contributed by atoms with Gasteiger partial charge in [0.2, 0.25) is 5.91 Å². The molecule has 0 bridgehead atoms. The van der Waals surface area contributed by atoms with E-state index in [9.17, 15) is 9.90 Å². The number of phenols is 1. The molecule has 1 aromatic carbocycles. The number of halogens is 1. The predicted octanol–water partition coefficient (Wildman–Crippen LogP) is 1.99. The van der Waals surface area contributed by atoms with Crippen LogP contribution in [-0.4, -0.2) is 23.1 Å². The Bertz CT molecular complexity index is 408. The molecular formula is C14H23ClN2O2. The highest BCUT2D eigenvalue weighted by Crippen LogP contribution is 2.11. The van der Waals surface area contributed by atoms with Crippen LogP contribution in [0.25, 0.3) is 0 Å². The summed E-state index contributed by atoms with van der Waals surface area (Å²) in [5, 5.41) is 12.1. The smallest absolute Gasteiger partial charge is 0.239 e. The molecule has 4 N–H and O–H groups in total. The Labute approximate surface area is 120 Å². The van der Waals surface area contributed by atoms with Gasteiger partial charge in [0.05, 0.1) is 5.54 Å². The van der Waals surface area contributed by atoms with Crippen molar-refractivity contribution in [3.63, 3.8) is 0 Å². The minimum absolute atomic E-state index is 0. The van der Waals surface area contributed by atoms with Crippen molar-refractivity contribution in [2.24, 2.45) is 5.73 Å². The Hall–Kier alpha value is -1.26. The average Bonchev–Trinajstić information content (AvgIpc) is 2.28. The van der Waals surface area contributed by atoms with Crippen molar-refractivity contribution in [1.29, 1.82) is 0 Å². The van der Waals surface area contributed by atoms with Crippen molar-refractivity contribution in [1.82, 2.24) is 5.32 Å². The first-order valence-electron chi connectivity index (χ1n) is 6.31. The number of phenolic OH excluding ortho intramolecular Hbond substituents is 1. The van der Waals surface area contributed by atoms with Gasteiger partial charge < -0.3 is 16.2 Å². The molecule has 0 spiro atoms. The Balaban J connectivity index is 0.00000324. The third-order valence-corrected chi connectivity index (χ3v) is 2.90. The molecule has 1 unspecified atom stereocenters. The van der Waals surface area contributed by atoms with Gasteiger partial charge in [0, 0.05) is 6.54 Å². The van der Waals surface area contributed by atoms with Crippen LogP contribution in [0.4, 0.5) is 0 Å². The fourth-order valence-corrected chi connectivity index (χ4v) is 1.87. The van der Waals surface area contributed by atoms with Crippen LogP contribution in [-0.2, 0) is 11.2 Å². The van der Waals surface area contributed by atoms with Gasteiger partial charge >= 0.3 is 0 Å². The second-order valence-corrected chi connectivity index (χ2v) is 4.84. The van der Waals surface area contributed by atoms with Gasteiger partial charge in [-0.15, -0.1) is 12.4 Å². The number of hydrogen-bond donors (Lipinski definition) is 3. The fraction of sp³-hybridized carbons (Fsp3) is 0.500. The minimum atomic E-state index is -0.798. The number of carbonyl (C=O) groups excluding carboxylic acids is 1. The summed E-state index contributed by atoms with van der Waals surface area (Å²) >= 11 is 0. The van der Waals surface area contributed by atoms with Crippen LogP contribution in [0.2, 0.25) is 0 Å². The number of amides is 1. The van der Waals surface area contributed by atoms with Crippen molar-refractivity contribution < 1.29 is 9.90 Å². The second-order valence-electron chi connectivity index (χ2n) is 4.84. The lowest BCUT2D eigenvalue weighted by atomic mass is 9.96. The number of nitrogens with one attached hydrogen (secondary N) is 1. The molecule has 0 aromatic heterocycles. The first-order valence-corrected chi connectivity index (χ1v) is 6.31.